The molecule has 0 radical (unpaired) electrons. The number of esters is 1. The number of rotatable bonds is 3. The Labute approximate surface area is 152 Å². The molecule has 3 heterocycles. The molecule has 0 aliphatic rings. The van der Waals surface area contributed by atoms with Gasteiger partial charge in [0, 0.05) is 12.4 Å². The number of carbonyl (C=O) groups excluding carboxylic acids is 1. The van der Waals surface area contributed by atoms with Crippen LogP contribution < -0.4 is 5.56 Å². The van der Waals surface area contributed by atoms with Crippen LogP contribution in [-0.2, 0) is 18.3 Å². The molecule has 0 aliphatic heterocycles. The van der Waals surface area contributed by atoms with E-state index in [4.69, 9.17) is 4.74 Å². The minimum absolute atomic E-state index is 0.162. The van der Waals surface area contributed by atoms with Gasteiger partial charge in [-0.25, -0.2) is 14.5 Å². The average Bonchev–Trinajstić information content (AvgIpc) is 3.14. The molecule has 8 heteroatoms. The number of ether oxygens (including phenoxy) is 1. The van der Waals surface area contributed by atoms with Gasteiger partial charge in [0.05, 0.1) is 35.1 Å². The average molecular weight is 368 g/mol. The van der Waals surface area contributed by atoms with Crippen LogP contribution in [0.4, 0.5) is 0 Å². The van der Waals surface area contributed by atoms with Crippen LogP contribution in [0.2, 0.25) is 0 Å². The molecule has 26 heavy (non-hydrogen) atoms. The first-order chi connectivity index (χ1) is 12.5. The number of nitrogens with zero attached hydrogens (tertiary/aromatic N) is 4. The first kappa shape index (κ1) is 16.5. The highest BCUT2D eigenvalue weighted by Gasteiger charge is 2.17. The Morgan fingerprint density at radius 1 is 1.27 bits per heavy atom. The van der Waals surface area contributed by atoms with Gasteiger partial charge >= 0.3 is 5.97 Å². The van der Waals surface area contributed by atoms with Crippen molar-refractivity contribution in [1.82, 2.24) is 19.3 Å². The van der Waals surface area contributed by atoms with Crippen molar-refractivity contribution in [1.29, 1.82) is 0 Å². The molecule has 0 amide bonds. The second-order valence-electron chi connectivity index (χ2n) is 6.00. The lowest BCUT2D eigenvalue weighted by atomic mass is 10.1. The number of aryl methyl sites for hydroxylation is 2. The molecule has 0 saturated carbocycles. The van der Waals surface area contributed by atoms with E-state index in [9.17, 15) is 9.59 Å². The smallest absolute Gasteiger partial charge is 0.337 e. The Balaban J connectivity index is 1.75. The van der Waals surface area contributed by atoms with E-state index in [2.05, 4.69) is 10.1 Å². The minimum atomic E-state index is -0.389. The third-order valence-corrected chi connectivity index (χ3v) is 5.33. The zero-order valence-corrected chi connectivity index (χ0v) is 15.3. The molecule has 4 rings (SSSR count). The molecule has 0 atom stereocenters. The third kappa shape index (κ3) is 2.50. The van der Waals surface area contributed by atoms with E-state index in [0.29, 0.717) is 17.6 Å². The zero-order valence-electron chi connectivity index (χ0n) is 14.5. The van der Waals surface area contributed by atoms with E-state index in [-0.39, 0.29) is 11.5 Å². The van der Waals surface area contributed by atoms with Gasteiger partial charge in [0.2, 0.25) is 0 Å². The highest BCUT2D eigenvalue weighted by molar-refractivity contribution is 7.19. The normalized spacial score (nSPS) is 11.3. The Morgan fingerprint density at radius 3 is 2.69 bits per heavy atom. The molecule has 4 aromatic rings. The van der Waals surface area contributed by atoms with Gasteiger partial charge in [0.25, 0.3) is 5.56 Å². The molecular formula is C18H16N4O3S. The van der Waals surface area contributed by atoms with Crippen molar-refractivity contribution < 1.29 is 9.53 Å². The highest BCUT2D eigenvalue weighted by atomic mass is 32.1. The summed E-state index contributed by atoms with van der Waals surface area (Å²) < 4.78 is 8.93. The van der Waals surface area contributed by atoms with Crippen LogP contribution in [0.5, 0.6) is 0 Å². The van der Waals surface area contributed by atoms with Crippen molar-refractivity contribution in [3.05, 3.63) is 57.0 Å². The van der Waals surface area contributed by atoms with Crippen molar-refractivity contribution >= 4 is 38.6 Å². The summed E-state index contributed by atoms with van der Waals surface area (Å²) in [6, 6.07) is 6.93. The minimum Gasteiger partial charge on any atom is -0.465 e. The fourth-order valence-electron chi connectivity index (χ4n) is 3.04. The molecule has 1 aromatic carbocycles. The van der Waals surface area contributed by atoms with Gasteiger partial charge in [-0.05, 0) is 24.6 Å². The Bertz CT molecular complexity index is 1200. The quantitative estimate of drug-likeness (QED) is 0.519. The largest absolute Gasteiger partial charge is 0.465 e. The van der Waals surface area contributed by atoms with Crippen LogP contribution in [0.25, 0.3) is 21.3 Å². The van der Waals surface area contributed by atoms with E-state index in [0.717, 1.165) is 26.3 Å². The van der Waals surface area contributed by atoms with Crippen LogP contribution in [-0.4, -0.2) is 32.4 Å². The number of methoxy groups -OCH3 is 1. The van der Waals surface area contributed by atoms with Crippen molar-refractivity contribution in [3.8, 4) is 0 Å². The van der Waals surface area contributed by atoms with Gasteiger partial charge in [-0.3, -0.25) is 4.79 Å². The number of aromatic nitrogens is 4. The first-order valence-corrected chi connectivity index (χ1v) is 8.80. The van der Waals surface area contributed by atoms with Gasteiger partial charge in [-0.2, -0.15) is 5.10 Å². The van der Waals surface area contributed by atoms with Crippen LogP contribution in [0.1, 0.15) is 20.9 Å². The molecule has 0 fully saturated rings. The summed E-state index contributed by atoms with van der Waals surface area (Å²) in [6.45, 7) is 2.27. The Kier molecular flexibility index (Phi) is 3.84. The van der Waals surface area contributed by atoms with Gasteiger partial charge < -0.3 is 9.30 Å². The first-order valence-electron chi connectivity index (χ1n) is 7.98. The molecule has 0 aliphatic carbocycles. The van der Waals surface area contributed by atoms with Crippen LogP contribution >= 0.6 is 11.3 Å². The molecule has 7 nitrogen and oxygen atoms in total. The number of carbonyl (C=O) groups is 1. The highest BCUT2D eigenvalue weighted by Crippen LogP contribution is 2.30. The summed E-state index contributed by atoms with van der Waals surface area (Å²) in [7, 11) is 3.19. The van der Waals surface area contributed by atoms with Gasteiger partial charge in [-0.15, -0.1) is 11.3 Å². The number of hydrogen-bond acceptors (Lipinski definition) is 6. The van der Waals surface area contributed by atoms with E-state index in [1.165, 1.54) is 11.8 Å². The predicted molar refractivity (Wildman–Crippen MR) is 99.8 cm³/mol. The summed E-state index contributed by atoms with van der Waals surface area (Å²) in [6.07, 6.45) is 1.72. The number of hydrogen-bond donors (Lipinski definition) is 0. The maximum absolute atomic E-state index is 12.9. The molecule has 132 valence electrons. The summed E-state index contributed by atoms with van der Waals surface area (Å²) >= 11 is 1.56. The molecule has 3 aromatic heterocycles. The monoisotopic (exact) mass is 368 g/mol. The molecule has 0 N–H and O–H groups in total. The molecule has 0 saturated heterocycles. The fourth-order valence-corrected chi connectivity index (χ4v) is 4.00. The van der Waals surface area contributed by atoms with E-state index >= 15 is 0 Å². The van der Waals surface area contributed by atoms with E-state index in [1.54, 1.807) is 41.8 Å². The summed E-state index contributed by atoms with van der Waals surface area (Å²) in [5.41, 5.74) is 2.58. The fraction of sp³-hybridized carbons (Fsp3) is 0.222. The van der Waals surface area contributed by atoms with Gasteiger partial charge in [0.1, 0.15) is 5.52 Å². The number of benzene rings is 1. The Hall–Kier alpha value is -3.00. The Morgan fingerprint density at radius 2 is 2.00 bits per heavy atom. The van der Waals surface area contributed by atoms with E-state index < -0.39 is 0 Å². The van der Waals surface area contributed by atoms with Crippen molar-refractivity contribution in [3.63, 3.8) is 0 Å². The van der Waals surface area contributed by atoms with Crippen molar-refractivity contribution in [2.75, 3.05) is 7.11 Å². The van der Waals surface area contributed by atoms with Crippen LogP contribution in [0, 0.1) is 6.92 Å². The van der Waals surface area contributed by atoms with Gasteiger partial charge in [-0.1, -0.05) is 12.1 Å². The van der Waals surface area contributed by atoms with Crippen molar-refractivity contribution in [2.24, 2.45) is 7.05 Å². The molecular weight excluding hydrogens is 352 g/mol. The predicted octanol–water partition coefficient (Wildman–Crippen LogP) is 2.49. The number of thiazole rings is 1. The second-order valence-corrected chi connectivity index (χ2v) is 7.21. The zero-order chi connectivity index (χ0) is 18.4. The molecule has 0 unspecified atom stereocenters. The molecule has 0 bridgehead atoms. The SMILES string of the molecule is COC(=O)c1ccc(Cn2ncc3c4sc(C)nc4n(C)c3c2=O)cc1. The lowest BCUT2D eigenvalue weighted by Gasteiger charge is -2.06. The lowest BCUT2D eigenvalue weighted by molar-refractivity contribution is 0.0600. The standard InChI is InChI=1S/C18H16N4O3S/c1-10-20-16-15(26-10)13-8-19-22(17(23)14(13)21(16)2)9-11-4-6-12(7-5-11)18(24)25-3/h4-8H,9H2,1-3H3. The summed E-state index contributed by atoms with van der Waals surface area (Å²) in [5.74, 6) is -0.389. The lowest BCUT2D eigenvalue weighted by Crippen LogP contribution is -2.24. The van der Waals surface area contributed by atoms with Gasteiger partial charge in [0.15, 0.2) is 5.65 Å². The molecule has 0 spiro atoms. The maximum atomic E-state index is 12.9. The summed E-state index contributed by atoms with van der Waals surface area (Å²) in [5, 5.41) is 6.12. The topological polar surface area (TPSA) is 79.0 Å². The second kappa shape index (κ2) is 6.06. The van der Waals surface area contributed by atoms with Crippen LogP contribution in [0.3, 0.4) is 0 Å². The third-order valence-electron chi connectivity index (χ3n) is 4.34. The van der Waals surface area contributed by atoms with Crippen LogP contribution in [0.15, 0.2) is 35.3 Å². The van der Waals surface area contributed by atoms with Crippen molar-refractivity contribution in [2.45, 2.75) is 13.5 Å². The maximum Gasteiger partial charge on any atom is 0.337 e. The summed E-state index contributed by atoms with van der Waals surface area (Å²) in [4.78, 5) is 28.9. The van der Waals surface area contributed by atoms with E-state index in [1.807, 2.05) is 18.5 Å². The number of fused-ring (bicyclic) bond motifs is 3.